The van der Waals surface area contributed by atoms with E-state index in [9.17, 15) is 5.11 Å². The smallest absolute Gasteiger partial charge is 0.223 e. The molecule has 0 aliphatic carbocycles. The first kappa shape index (κ1) is 17.4. The molecule has 0 fully saturated rings. The van der Waals surface area contributed by atoms with Crippen LogP contribution in [0.2, 0.25) is 5.02 Å². The number of methoxy groups -OCH3 is 1. The van der Waals surface area contributed by atoms with E-state index in [0.29, 0.717) is 0 Å². The Labute approximate surface area is 171 Å². The van der Waals surface area contributed by atoms with Gasteiger partial charge in [-0.25, -0.2) is 0 Å². The van der Waals surface area contributed by atoms with Gasteiger partial charge in [-0.2, -0.15) is 4.98 Å². The van der Waals surface area contributed by atoms with Gasteiger partial charge in [0.05, 0.1) is 18.5 Å². The highest BCUT2D eigenvalue weighted by Gasteiger charge is 2.33. The van der Waals surface area contributed by atoms with E-state index in [1.54, 1.807) is 12.5 Å². The molecule has 0 saturated heterocycles. The van der Waals surface area contributed by atoms with Crippen molar-refractivity contribution in [2.75, 3.05) is 18.6 Å². The van der Waals surface area contributed by atoms with Gasteiger partial charge in [-0.1, -0.05) is 23.7 Å². The number of rotatable bonds is 3. The normalized spacial score (nSPS) is 16.4. The topological polar surface area (TPSA) is 61.4 Å². The van der Waals surface area contributed by atoms with Crippen molar-refractivity contribution in [3.05, 3.63) is 69.7 Å². The molecule has 0 amide bonds. The Balaban J connectivity index is 1.69. The molecule has 5 nitrogen and oxygen atoms in total. The molecule has 7 heteroatoms. The average molecular weight is 412 g/mol. The van der Waals surface area contributed by atoms with E-state index in [4.69, 9.17) is 16.3 Å². The van der Waals surface area contributed by atoms with Crippen LogP contribution in [0.1, 0.15) is 22.9 Å². The van der Waals surface area contributed by atoms with Crippen molar-refractivity contribution in [2.45, 2.75) is 12.5 Å². The van der Waals surface area contributed by atoms with Crippen LogP contribution in [0.5, 0.6) is 11.6 Å². The summed E-state index contributed by atoms with van der Waals surface area (Å²) in [4.78, 5) is 10.2. The highest BCUT2D eigenvalue weighted by Crippen LogP contribution is 2.42. The number of thiazole rings is 1. The Morgan fingerprint density at radius 2 is 2.07 bits per heavy atom. The number of ether oxygens (including phenoxy) is 1. The zero-order valence-corrected chi connectivity index (χ0v) is 16.7. The Kier molecular flexibility index (Phi) is 4.18. The number of nitrogens with one attached hydrogen (secondary N) is 1. The zero-order valence-electron chi connectivity index (χ0n) is 15.1. The van der Waals surface area contributed by atoms with Crippen molar-refractivity contribution in [1.82, 2.24) is 9.97 Å². The van der Waals surface area contributed by atoms with Crippen LogP contribution in [0, 0.1) is 0 Å². The number of aromatic nitrogens is 2. The Hall–Kier alpha value is -2.70. The fourth-order valence-corrected chi connectivity index (χ4v) is 4.90. The van der Waals surface area contributed by atoms with E-state index in [1.807, 2.05) is 30.3 Å². The van der Waals surface area contributed by atoms with Gasteiger partial charge in [0.1, 0.15) is 5.75 Å². The molecule has 2 N–H and O–H groups in total. The summed E-state index contributed by atoms with van der Waals surface area (Å²) in [6.07, 6.45) is 0.878. The molecule has 0 bridgehead atoms. The Morgan fingerprint density at radius 3 is 2.79 bits per heavy atom. The maximum atomic E-state index is 9.78. The van der Waals surface area contributed by atoms with Gasteiger partial charge >= 0.3 is 0 Å². The SMILES string of the molecule is COc1ccc(C2c3[nH]c4ccc(Cl)cc4c3CCN2c2nc(O)cs2)cc1. The average Bonchev–Trinajstić information content (AvgIpc) is 3.30. The first-order valence-corrected chi connectivity index (χ1v) is 10.2. The highest BCUT2D eigenvalue weighted by atomic mass is 35.5. The molecule has 1 aliphatic heterocycles. The summed E-state index contributed by atoms with van der Waals surface area (Å²) in [6, 6.07) is 14.0. The maximum absolute atomic E-state index is 9.78. The Morgan fingerprint density at radius 1 is 1.25 bits per heavy atom. The van der Waals surface area contributed by atoms with Gasteiger partial charge in [0.15, 0.2) is 5.13 Å². The summed E-state index contributed by atoms with van der Waals surface area (Å²) in [5.74, 6) is 0.879. The maximum Gasteiger partial charge on any atom is 0.223 e. The molecule has 4 aromatic rings. The van der Waals surface area contributed by atoms with Gasteiger partial charge in [-0.05, 0) is 47.9 Å². The molecule has 142 valence electrons. The summed E-state index contributed by atoms with van der Waals surface area (Å²) in [5, 5.41) is 14.2. The summed E-state index contributed by atoms with van der Waals surface area (Å²) >= 11 is 7.71. The summed E-state index contributed by atoms with van der Waals surface area (Å²) in [6.45, 7) is 0.802. The second kappa shape index (κ2) is 6.72. The van der Waals surface area contributed by atoms with Gasteiger partial charge < -0.3 is 19.7 Å². The van der Waals surface area contributed by atoms with Gasteiger partial charge in [-0.3, -0.25) is 0 Å². The summed E-state index contributed by atoms with van der Waals surface area (Å²) in [7, 11) is 1.67. The molecular weight excluding hydrogens is 394 g/mol. The molecule has 1 unspecified atom stereocenters. The number of fused-ring (bicyclic) bond motifs is 3. The van der Waals surface area contributed by atoms with Crippen LogP contribution in [0.25, 0.3) is 10.9 Å². The van der Waals surface area contributed by atoms with Crippen LogP contribution in [0.3, 0.4) is 0 Å². The number of H-pyrrole nitrogens is 1. The molecule has 3 heterocycles. The quantitative estimate of drug-likeness (QED) is 0.489. The number of hydrogen-bond acceptors (Lipinski definition) is 5. The zero-order chi connectivity index (χ0) is 19.3. The molecule has 2 aromatic carbocycles. The number of nitrogens with zero attached hydrogens (tertiary/aromatic N) is 2. The fourth-order valence-electron chi connectivity index (χ4n) is 3.99. The third kappa shape index (κ3) is 2.80. The van der Waals surface area contributed by atoms with E-state index in [-0.39, 0.29) is 11.9 Å². The number of hydrogen-bond donors (Lipinski definition) is 2. The minimum absolute atomic E-state index is 0.0358. The second-order valence-electron chi connectivity index (χ2n) is 6.81. The largest absolute Gasteiger partial charge is 0.497 e. The van der Waals surface area contributed by atoms with Gasteiger partial charge in [-0.15, -0.1) is 11.3 Å². The lowest BCUT2D eigenvalue weighted by Crippen LogP contribution is -2.36. The molecular formula is C21H18ClN3O2S. The lowest BCUT2D eigenvalue weighted by atomic mass is 9.93. The molecule has 2 aromatic heterocycles. The molecule has 0 saturated carbocycles. The van der Waals surface area contributed by atoms with Gasteiger partial charge in [0.25, 0.3) is 0 Å². The molecule has 5 rings (SSSR count). The predicted octanol–water partition coefficient (Wildman–Crippen LogP) is 5.14. The predicted molar refractivity (Wildman–Crippen MR) is 113 cm³/mol. The number of halogens is 1. The van der Waals surface area contributed by atoms with Crippen molar-refractivity contribution >= 4 is 39.0 Å². The van der Waals surface area contributed by atoms with Crippen molar-refractivity contribution in [3.8, 4) is 11.6 Å². The van der Waals surface area contributed by atoms with Gasteiger partial charge in [0, 0.05) is 28.2 Å². The lowest BCUT2D eigenvalue weighted by molar-refractivity contribution is 0.414. The third-order valence-electron chi connectivity index (χ3n) is 5.25. The van der Waals surface area contributed by atoms with E-state index in [1.165, 1.54) is 22.3 Å². The number of aromatic hydroxyl groups is 1. The molecule has 28 heavy (non-hydrogen) atoms. The lowest BCUT2D eigenvalue weighted by Gasteiger charge is -2.36. The van der Waals surface area contributed by atoms with Gasteiger partial charge in [0.2, 0.25) is 5.88 Å². The van der Waals surface area contributed by atoms with Crippen LogP contribution in [0.4, 0.5) is 5.13 Å². The molecule has 1 aliphatic rings. The van der Waals surface area contributed by atoms with Crippen LogP contribution in [0.15, 0.2) is 47.8 Å². The van der Waals surface area contributed by atoms with Crippen molar-refractivity contribution in [3.63, 3.8) is 0 Å². The van der Waals surface area contributed by atoms with E-state index in [2.05, 4.69) is 27.0 Å². The van der Waals surface area contributed by atoms with E-state index in [0.717, 1.165) is 45.6 Å². The van der Waals surface area contributed by atoms with E-state index >= 15 is 0 Å². The number of benzene rings is 2. The minimum atomic E-state index is -0.0358. The van der Waals surface area contributed by atoms with Crippen LogP contribution in [-0.4, -0.2) is 28.7 Å². The summed E-state index contributed by atoms with van der Waals surface area (Å²) < 4.78 is 5.32. The Bertz CT molecular complexity index is 1150. The van der Waals surface area contributed by atoms with Crippen LogP contribution in [-0.2, 0) is 6.42 Å². The monoisotopic (exact) mass is 411 g/mol. The first-order valence-electron chi connectivity index (χ1n) is 8.99. The van der Waals surface area contributed by atoms with Crippen molar-refractivity contribution in [2.24, 2.45) is 0 Å². The van der Waals surface area contributed by atoms with Crippen LogP contribution >= 0.6 is 22.9 Å². The van der Waals surface area contributed by atoms with E-state index < -0.39 is 0 Å². The first-order chi connectivity index (χ1) is 13.6. The second-order valence-corrected chi connectivity index (χ2v) is 8.09. The molecule has 0 spiro atoms. The number of anilines is 1. The highest BCUT2D eigenvalue weighted by molar-refractivity contribution is 7.13. The fraction of sp³-hybridized carbons (Fsp3) is 0.190. The van der Waals surface area contributed by atoms with Crippen molar-refractivity contribution < 1.29 is 9.84 Å². The third-order valence-corrected chi connectivity index (χ3v) is 6.35. The van der Waals surface area contributed by atoms with Crippen LogP contribution < -0.4 is 9.64 Å². The minimum Gasteiger partial charge on any atom is -0.497 e. The molecule has 1 atom stereocenters. The van der Waals surface area contributed by atoms with Crippen molar-refractivity contribution in [1.29, 1.82) is 0 Å². The number of aromatic amines is 1. The molecule has 0 radical (unpaired) electrons. The summed E-state index contributed by atoms with van der Waals surface area (Å²) in [5.41, 5.74) is 4.64. The standard InChI is InChI=1S/C21H18ClN3O2S/c1-27-14-5-2-12(3-6-14)20-19-15(16-10-13(22)4-7-17(16)23-19)8-9-25(20)21-24-18(26)11-28-21/h2-7,10-11,20,23,26H,8-9H2,1H3.